The van der Waals surface area contributed by atoms with Crippen molar-refractivity contribution < 1.29 is 13.2 Å². The predicted octanol–water partition coefficient (Wildman–Crippen LogP) is 12.7. The SMILES string of the molecule is CCCCCc1ccc(-c2ccc(-c3ccc(C4=CCC(C5CCC(CCCCC)CC5)CC4)cc3F)cc2)c(F)c1F. The first-order valence-corrected chi connectivity index (χ1v) is 17.0. The largest absolute Gasteiger partial charge is 0.206 e. The second-order valence-corrected chi connectivity index (χ2v) is 13.2. The van der Waals surface area contributed by atoms with Gasteiger partial charge in [0.25, 0.3) is 0 Å². The minimum atomic E-state index is -0.810. The molecule has 3 aromatic rings. The molecule has 3 heteroatoms. The van der Waals surface area contributed by atoms with Gasteiger partial charge in [-0.25, -0.2) is 13.2 Å². The lowest BCUT2D eigenvalue weighted by Gasteiger charge is -2.35. The number of hydrogen-bond donors (Lipinski definition) is 0. The Morgan fingerprint density at radius 2 is 1.28 bits per heavy atom. The highest BCUT2D eigenvalue weighted by Crippen LogP contribution is 2.42. The molecular formula is C40H49F3. The maximum absolute atomic E-state index is 15.4. The van der Waals surface area contributed by atoms with E-state index in [4.69, 9.17) is 0 Å². The molecular weight excluding hydrogens is 537 g/mol. The summed E-state index contributed by atoms with van der Waals surface area (Å²) in [7, 11) is 0. The summed E-state index contributed by atoms with van der Waals surface area (Å²) >= 11 is 0. The van der Waals surface area contributed by atoms with E-state index >= 15 is 4.39 Å². The van der Waals surface area contributed by atoms with Crippen LogP contribution in [-0.4, -0.2) is 0 Å². The maximum Gasteiger partial charge on any atom is 0.166 e. The van der Waals surface area contributed by atoms with Crippen LogP contribution in [0, 0.1) is 35.2 Å². The van der Waals surface area contributed by atoms with Crippen molar-refractivity contribution in [1.29, 1.82) is 0 Å². The Kier molecular flexibility index (Phi) is 11.2. The number of unbranched alkanes of at least 4 members (excludes halogenated alkanes) is 4. The van der Waals surface area contributed by atoms with Crippen molar-refractivity contribution in [1.82, 2.24) is 0 Å². The molecule has 1 unspecified atom stereocenters. The van der Waals surface area contributed by atoms with Crippen molar-refractivity contribution in [3.8, 4) is 22.3 Å². The highest BCUT2D eigenvalue weighted by Gasteiger charge is 2.28. The van der Waals surface area contributed by atoms with Gasteiger partial charge in [0.15, 0.2) is 11.6 Å². The molecule has 1 atom stereocenters. The maximum atomic E-state index is 15.4. The first kappa shape index (κ1) is 31.6. The summed E-state index contributed by atoms with van der Waals surface area (Å²) in [4.78, 5) is 0. The molecule has 0 radical (unpaired) electrons. The van der Waals surface area contributed by atoms with Gasteiger partial charge in [0.1, 0.15) is 5.82 Å². The molecule has 2 aliphatic carbocycles. The summed E-state index contributed by atoms with van der Waals surface area (Å²) in [5.74, 6) is 0.770. The number of halogens is 3. The first-order valence-electron chi connectivity index (χ1n) is 17.0. The van der Waals surface area contributed by atoms with Gasteiger partial charge in [-0.3, -0.25) is 0 Å². The van der Waals surface area contributed by atoms with Crippen LogP contribution >= 0.6 is 0 Å². The molecule has 0 N–H and O–H groups in total. The summed E-state index contributed by atoms with van der Waals surface area (Å²) < 4.78 is 45.0. The van der Waals surface area contributed by atoms with Gasteiger partial charge in [-0.1, -0.05) is 120 Å². The molecule has 0 nitrogen and oxygen atoms in total. The van der Waals surface area contributed by atoms with Crippen LogP contribution in [0.5, 0.6) is 0 Å². The van der Waals surface area contributed by atoms with Gasteiger partial charge >= 0.3 is 0 Å². The van der Waals surface area contributed by atoms with Crippen LogP contribution < -0.4 is 0 Å². The number of rotatable bonds is 12. The molecule has 5 rings (SSSR count). The zero-order valence-electron chi connectivity index (χ0n) is 26.2. The lowest BCUT2D eigenvalue weighted by molar-refractivity contribution is 0.187. The summed E-state index contributed by atoms with van der Waals surface area (Å²) in [6, 6.07) is 16.0. The summed E-state index contributed by atoms with van der Waals surface area (Å²) in [5.41, 5.74) is 4.75. The fourth-order valence-corrected chi connectivity index (χ4v) is 7.53. The van der Waals surface area contributed by atoms with Crippen LogP contribution in [0.25, 0.3) is 27.8 Å². The van der Waals surface area contributed by atoms with Gasteiger partial charge in [-0.05, 0) is 96.6 Å². The average molecular weight is 587 g/mol. The monoisotopic (exact) mass is 586 g/mol. The van der Waals surface area contributed by atoms with Crippen LogP contribution in [0.15, 0.2) is 60.7 Å². The minimum Gasteiger partial charge on any atom is -0.206 e. The van der Waals surface area contributed by atoms with E-state index in [0.717, 1.165) is 61.0 Å². The predicted molar refractivity (Wildman–Crippen MR) is 175 cm³/mol. The molecule has 0 bridgehead atoms. The van der Waals surface area contributed by atoms with Crippen molar-refractivity contribution in [3.63, 3.8) is 0 Å². The number of allylic oxidation sites excluding steroid dienone is 2. The van der Waals surface area contributed by atoms with Gasteiger partial charge < -0.3 is 0 Å². The zero-order chi connectivity index (χ0) is 30.2. The van der Waals surface area contributed by atoms with E-state index in [0.29, 0.717) is 23.1 Å². The number of benzene rings is 3. The first-order chi connectivity index (χ1) is 21.0. The summed E-state index contributed by atoms with van der Waals surface area (Å²) in [6.07, 6.45) is 20.2. The lowest BCUT2D eigenvalue weighted by Crippen LogP contribution is -2.23. The Labute approximate surface area is 257 Å². The van der Waals surface area contributed by atoms with E-state index in [1.54, 1.807) is 42.5 Å². The minimum absolute atomic E-state index is 0.238. The molecule has 0 aromatic heterocycles. The quantitative estimate of drug-likeness (QED) is 0.185. The molecule has 43 heavy (non-hydrogen) atoms. The normalized spacial score (nSPS) is 20.7. The molecule has 0 amide bonds. The van der Waals surface area contributed by atoms with Crippen LogP contribution in [0.1, 0.15) is 115 Å². The third kappa shape index (κ3) is 7.83. The Balaban J connectivity index is 1.20. The second kappa shape index (κ2) is 15.3. The van der Waals surface area contributed by atoms with Gasteiger partial charge in [0.2, 0.25) is 0 Å². The Morgan fingerprint density at radius 3 is 1.93 bits per heavy atom. The van der Waals surface area contributed by atoms with Crippen molar-refractivity contribution in [2.24, 2.45) is 17.8 Å². The highest BCUT2D eigenvalue weighted by molar-refractivity contribution is 5.74. The average Bonchev–Trinajstić information content (AvgIpc) is 3.04. The van der Waals surface area contributed by atoms with Crippen molar-refractivity contribution in [3.05, 3.63) is 89.3 Å². The molecule has 1 saturated carbocycles. The molecule has 0 aliphatic heterocycles. The second-order valence-electron chi connectivity index (χ2n) is 13.2. The third-order valence-electron chi connectivity index (χ3n) is 10.3. The number of hydrogen-bond acceptors (Lipinski definition) is 0. The third-order valence-corrected chi connectivity index (χ3v) is 10.3. The molecule has 0 spiro atoms. The summed E-state index contributed by atoms with van der Waals surface area (Å²) in [6.45, 7) is 4.38. The van der Waals surface area contributed by atoms with Crippen molar-refractivity contribution >= 4 is 5.57 Å². The highest BCUT2D eigenvalue weighted by atomic mass is 19.2. The van der Waals surface area contributed by atoms with Crippen LogP contribution in [0.2, 0.25) is 0 Å². The lowest BCUT2D eigenvalue weighted by atomic mass is 9.70. The van der Waals surface area contributed by atoms with Crippen molar-refractivity contribution in [2.75, 3.05) is 0 Å². The Morgan fingerprint density at radius 1 is 0.628 bits per heavy atom. The Bertz CT molecular complexity index is 1360. The molecule has 2 aliphatic rings. The molecule has 0 saturated heterocycles. The van der Waals surface area contributed by atoms with Crippen molar-refractivity contribution in [2.45, 2.75) is 110 Å². The summed E-state index contributed by atoms with van der Waals surface area (Å²) in [5, 5.41) is 0. The van der Waals surface area contributed by atoms with Gasteiger partial charge in [-0.2, -0.15) is 0 Å². The molecule has 0 heterocycles. The van der Waals surface area contributed by atoms with Gasteiger partial charge in [-0.15, -0.1) is 0 Å². The topological polar surface area (TPSA) is 0 Å². The van der Waals surface area contributed by atoms with Gasteiger partial charge in [0, 0.05) is 11.1 Å². The fraction of sp³-hybridized carbons (Fsp3) is 0.500. The van der Waals surface area contributed by atoms with E-state index in [2.05, 4.69) is 19.9 Å². The van der Waals surface area contributed by atoms with Gasteiger partial charge in [0.05, 0.1) is 0 Å². The smallest absolute Gasteiger partial charge is 0.166 e. The molecule has 1 fully saturated rings. The van der Waals surface area contributed by atoms with E-state index in [1.807, 2.05) is 12.1 Å². The van der Waals surface area contributed by atoms with E-state index in [9.17, 15) is 8.78 Å². The molecule has 230 valence electrons. The van der Waals surface area contributed by atoms with Crippen LogP contribution in [-0.2, 0) is 6.42 Å². The fourth-order valence-electron chi connectivity index (χ4n) is 7.53. The number of aryl methyl sites for hydroxylation is 1. The van der Waals surface area contributed by atoms with Crippen LogP contribution in [0.3, 0.4) is 0 Å². The van der Waals surface area contributed by atoms with E-state index in [1.165, 1.54) is 63.4 Å². The molecule has 3 aromatic carbocycles. The van der Waals surface area contributed by atoms with E-state index < -0.39 is 11.6 Å². The standard InChI is InChI=1S/C40H49F3/c1-3-5-7-9-28-11-13-29(14-12-28)30-15-17-31(18-16-30)35-24-25-36(38(41)27-35)32-19-21-33(22-20-32)37-26-23-34(10-8-6-4-2)39(42)40(37)43/h17,19-30H,3-16,18H2,1-2H3. The Hall–Kier alpha value is -2.81. The zero-order valence-corrected chi connectivity index (χ0v) is 26.2. The van der Waals surface area contributed by atoms with Crippen LogP contribution in [0.4, 0.5) is 13.2 Å². The van der Waals surface area contributed by atoms with E-state index in [-0.39, 0.29) is 11.4 Å².